The zero-order valence-electron chi connectivity index (χ0n) is 14.1. The van der Waals surface area contributed by atoms with Crippen molar-refractivity contribution in [2.24, 2.45) is 0 Å². The Morgan fingerprint density at radius 2 is 2.08 bits per heavy atom. The molecule has 6 heteroatoms. The third-order valence-corrected chi connectivity index (χ3v) is 5.23. The van der Waals surface area contributed by atoms with Crippen LogP contribution >= 0.6 is 0 Å². The number of fused-ring (bicyclic) bond motifs is 1. The topological polar surface area (TPSA) is 72.4 Å². The second-order valence-corrected chi connectivity index (χ2v) is 6.97. The predicted octanol–water partition coefficient (Wildman–Crippen LogP) is 3.98. The molecule has 1 aliphatic heterocycles. The maximum absolute atomic E-state index is 13.1. The summed E-state index contributed by atoms with van der Waals surface area (Å²) >= 11 is 0. The van der Waals surface area contributed by atoms with Crippen molar-refractivity contribution < 1.29 is 13.7 Å². The third-order valence-electron chi connectivity index (χ3n) is 5.23. The van der Waals surface area contributed by atoms with Crippen LogP contribution in [0.1, 0.15) is 65.5 Å². The first-order chi connectivity index (χ1) is 12.2. The smallest absolute Gasteiger partial charge is 0.290 e. The van der Waals surface area contributed by atoms with Gasteiger partial charge in [0.25, 0.3) is 5.91 Å². The van der Waals surface area contributed by atoms with E-state index in [4.69, 9.17) is 8.94 Å². The molecule has 2 aliphatic rings. The Balaban J connectivity index is 1.47. The van der Waals surface area contributed by atoms with E-state index < -0.39 is 0 Å². The lowest BCUT2D eigenvalue weighted by Gasteiger charge is -2.21. The van der Waals surface area contributed by atoms with Gasteiger partial charge in [-0.1, -0.05) is 23.4 Å². The van der Waals surface area contributed by atoms with Crippen LogP contribution in [-0.4, -0.2) is 27.5 Å². The molecule has 128 valence electrons. The maximum atomic E-state index is 13.1. The number of benzene rings is 1. The van der Waals surface area contributed by atoms with E-state index in [1.54, 1.807) is 0 Å². The number of hydrogen-bond donors (Lipinski definition) is 0. The van der Waals surface area contributed by atoms with Crippen LogP contribution in [0.25, 0.3) is 11.0 Å². The SMILES string of the molecule is Cc1c(C(=O)N2CCC[C@@H]2c2noc(C3CC3)n2)oc2ccccc12. The van der Waals surface area contributed by atoms with Gasteiger partial charge in [0.15, 0.2) is 11.6 Å². The van der Waals surface area contributed by atoms with Crippen LogP contribution in [0.3, 0.4) is 0 Å². The Bertz CT molecular complexity index is 954. The third kappa shape index (κ3) is 2.35. The number of likely N-dealkylation sites (tertiary alicyclic amines) is 1. The van der Waals surface area contributed by atoms with Crippen LogP contribution in [0, 0.1) is 6.92 Å². The molecule has 1 amide bonds. The highest BCUT2D eigenvalue weighted by Crippen LogP contribution is 2.40. The molecule has 0 unspecified atom stereocenters. The Labute approximate surface area is 144 Å². The number of amides is 1. The molecular weight excluding hydrogens is 318 g/mol. The first kappa shape index (κ1) is 14.7. The molecule has 3 aromatic rings. The predicted molar refractivity (Wildman–Crippen MR) is 90.2 cm³/mol. The summed E-state index contributed by atoms with van der Waals surface area (Å²) < 4.78 is 11.2. The molecule has 1 atom stereocenters. The van der Waals surface area contributed by atoms with Crippen molar-refractivity contribution in [1.29, 1.82) is 0 Å². The van der Waals surface area contributed by atoms with E-state index in [1.807, 2.05) is 36.1 Å². The number of aryl methyl sites for hydroxylation is 1. The maximum Gasteiger partial charge on any atom is 0.290 e. The van der Waals surface area contributed by atoms with Crippen molar-refractivity contribution in [3.05, 3.63) is 47.3 Å². The fourth-order valence-electron chi connectivity index (χ4n) is 3.67. The van der Waals surface area contributed by atoms with Crippen LogP contribution < -0.4 is 0 Å². The average molecular weight is 337 g/mol. The number of carbonyl (C=O) groups is 1. The molecule has 25 heavy (non-hydrogen) atoms. The summed E-state index contributed by atoms with van der Waals surface area (Å²) in [5.74, 6) is 2.09. The molecular formula is C19H19N3O3. The van der Waals surface area contributed by atoms with Gasteiger partial charge >= 0.3 is 0 Å². The molecule has 5 rings (SSSR count). The molecule has 1 saturated heterocycles. The van der Waals surface area contributed by atoms with E-state index in [2.05, 4.69) is 10.1 Å². The molecule has 1 aliphatic carbocycles. The largest absolute Gasteiger partial charge is 0.451 e. The fourth-order valence-corrected chi connectivity index (χ4v) is 3.67. The summed E-state index contributed by atoms with van der Waals surface area (Å²) in [6.45, 7) is 2.62. The second kappa shape index (κ2) is 5.44. The zero-order valence-corrected chi connectivity index (χ0v) is 14.1. The van der Waals surface area contributed by atoms with Crippen LogP contribution in [0.2, 0.25) is 0 Å². The first-order valence-corrected chi connectivity index (χ1v) is 8.85. The molecule has 3 heterocycles. The van der Waals surface area contributed by atoms with Gasteiger partial charge in [0, 0.05) is 23.4 Å². The van der Waals surface area contributed by atoms with Crippen molar-refractivity contribution in [2.75, 3.05) is 6.54 Å². The van der Waals surface area contributed by atoms with Gasteiger partial charge in [0.2, 0.25) is 5.89 Å². The summed E-state index contributed by atoms with van der Waals surface area (Å²) in [4.78, 5) is 19.5. The van der Waals surface area contributed by atoms with E-state index in [9.17, 15) is 4.79 Å². The van der Waals surface area contributed by atoms with Crippen LogP contribution in [0.4, 0.5) is 0 Å². The average Bonchev–Trinajstić information content (AvgIpc) is 3.07. The van der Waals surface area contributed by atoms with Crippen molar-refractivity contribution in [2.45, 2.75) is 44.6 Å². The minimum Gasteiger partial charge on any atom is -0.451 e. The van der Waals surface area contributed by atoms with Crippen LogP contribution in [0.5, 0.6) is 0 Å². The standard InChI is InChI=1S/C19H19N3O3/c1-11-13-5-2-3-7-15(13)24-16(11)19(23)22-10-4-6-14(22)17-20-18(25-21-17)12-8-9-12/h2-3,5,7,12,14H,4,6,8-10H2,1H3/t14-/m1/s1. The van der Waals surface area contributed by atoms with Gasteiger partial charge in [0.05, 0.1) is 6.04 Å². The second-order valence-electron chi connectivity index (χ2n) is 6.97. The Kier molecular flexibility index (Phi) is 3.20. The van der Waals surface area contributed by atoms with Gasteiger partial charge in [-0.3, -0.25) is 4.79 Å². The highest BCUT2D eigenvalue weighted by molar-refractivity contribution is 5.99. The highest BCUT2D eigenvalue weighted by atomic mass is 16.5. The molecule has 2 fully saturated rings. The van der Waals surface area contributed by atoms with Crippen LogP contribution in [0.15, 0.2) is 33.2 Å². The molecule has 0 spiro atoms. The van der Waals surface area contributed by atoms with E-state index in [0.29, 0.717) is 29.9 Å². The quantitative estimate of drug-likeness (QED) is 0.723. The zero-order chi connectivity index (χ0) is 17.0. The minimum atomic E-state index is -0.128. The van der Waals surface area contributed by atoms with Crippen molar-refractivity contribution in [3.63, 3.8) is 0 Å². The molecule has 0 N–H and O–H groups in total. The first-order valence-electron chi connectivity index (χ1n) is 8.85. The summed E-state index contributed by atoms with van der Waals surface area (Å²) in [7, 11) is 0. The van der Waals surface area contributed by atoms with Gasteiger partial charge in [-0.25, -0.2) is 0 Å². The lowest BCUT2D eigenvalue weighted by Crippen LogP contribution is -2.31. The van der Waals surface area contributed by atoms with Gasteiger partial charge in [-0.15, -0.1) is 0 Å². The normalized spacial score (nSPS) is 20.5. The summed E-state index contributed by atoms with van der Waals surface area (Å²) in [5.41, 5.74) is 1.63. The monoisotopic (exact) mass is 337 g/mol. The number of carbonyl (C=O) groups excluding carboxylic acids is 1. The number of furan rings is 1. The lowest BCUT2D eigenvalue weighted by atomic mass is 10.1. The van der Waals surface area contributed by atoms with E-state index in [-0.39, 0.29) is 11.9 Å². The van der Waals surface area contributed by atoms with Gasteiger partial charge < -0.3 is 13.8 Å². The van der Waals surface area contributed by atoms with E-state index in [1.165, 1.54) is 0 Å². The lowest BCUT2D eigenvalue weighted by molar-refractivity contribution is 0.0697. The van der Waals surface area contributed by atoms with Crippen LogP contribution in [-0.2, 0) is 0 Å². The van der Waals surface area contributed by atoms with Gasteiger partial charge in [-0.2, -0.15) is 4.98 Å². The number of aromatic nitrogens is 2. The molecule has 6 nitrogen and oxygen atoms in total. The number of para-hydroxylation sites is 1. The van der Waals surface area contributed by atoms with E-state index in [0.717, 1.165) is 42.2 Å². The van der Waals surface area contributed by atoms with E-state index >= 15 is 0 Å². The van der Waals surface area contributed by atoms with Crippen molar-refractivity contribution in [3.8, 4) is 0 Å². The summed E-state index contributed by atoms with van der Waals surface area (Å²) in [6.07, 6.45) is 4.03. The molecule has 1 aromatic carbocycles. The molecule has 0 radical (unpaired) electrons. The van der Waals surface area contributed by atoms with Gasteiger partial charge in [0.1, 0.15) is 5.58 Å². The number of nitrogens with zero attached hydrogens (tertiary/aromatic N) is 3. The molecule has 1 saturated carbocycles. The summed E-state index contributed by atoms with van der Waals surface area (Å²) in [6, 6.07) is 7.61. The van der Waals surface area contributed by atoms with Crippen molar-refractivity contribution >= 4 is 16.9 Å². The fraction of sp³-hybridized carbons (Fsp3) is 0.421. The minimum absolute atomic E-state index is 0.0889. The molecule has 2 aromatic heterocycles. The Morgan fingerprint density at radius 3 is 2.88 bits per heavy atom. The Hall–Kier alpha value is -2.63. The Morgan fingerprint density at radius 1 is 1.24 bits per heavy atom. The number of hydrogen-bond acceptors (Lipinski definition) is 5. The highest BCUT2D eigenvalue weighted by Gasteiger charge is 2.37. The molecule has 0 bridgehead atoms. The van der Waals surface area contributed by atoms with Gasteiger partial charge in [-0.05, 0) is 38.7 Å². The summed E-state index contributed by atoms with van der Waals surface area (Å²) in [5, 5.41) is 5.12. The van der Waals surface area contributed by atoms with Crippen molar-refractivity contribution in [1.82, 2.24) is 15.0 Å². The number of rotatable bonds is 3.